The lowest BCUT2D eigenvalue weighted by Crippen LogP contribution is -2.50. The van der Waals surface area contributed by atoms with Crippen molar-refractivity contribution >= 4 is 21.8 Å². The third-order valence-electron chi connectivity index (χ3n) is 4.65. The summed E-state index contributed by atoms with van der Waals surface area (Å²) in [5.74, 6) is -1.01. The van der Waals surface area contributed by atoms with Crippen LogP contribution in [0.15, 0.2) is 29.2 Å². The molecule has 0 saturated carbocycles. The molecule has 1 aromatic carbocycles. The Hall–Kier alpha value is -2.01. The second-order valence-electron chi connectivity index (χ2n) is 7.21. The summed E-state index contributed by atoms with van der Waals surface area (Å²) in [6.07, 6.45) is 0. The number of amides is 2. The predicted molar refractivity (Wildman–Crippen MR) is 118 cm³/mol. The molecule has 0 heterocycles. The zero-order chi connectivity index (χ0) is 23.4. The minimum atomic E-state index is -3.69. The highest BCUT2D eigenvalue weighted by atomic mass is 32.2. The van der Waals surface area contributed by atoms with Gasteiger partial charge in [-0.05, 0) is 24.1 Å². The van der Waals surface area contributed by atoms with Crippen molar-refractivity contribution in [2.45, 2.75) is 38.6 Å². The first kappa shape index (κ1) is 27.0. The SMILES string of the molecule is CCN(CC)S(=O)(=O)c1cccc(C(=O)NC(C(=O)NCCOCCOC)C(C)C)c1. The molecule has 31 heavy (non-hydrogen) atoms. The lowest BCUT2D eigenvalue weighted by atomic mass is 10.0. The van der Waals surface area contributed by atoms with E-state index < -0.39 is 22.0 Å². The number of nitrogens with one attached hydrogen (secondary N) is 2. The predicted octanol–water partition coefficient (Wildman–Crippen LogP) is 1.25. The Morgan fingerprint density at radius 1 is 1.10 bits per heavy atom. The maximum absolute atomic E-state index is 12.8. The fraction of sp³-hybridized carbons (Fsp3) is 0.619. The molecule has 1 atom stereocenters. The van der Waals surface area contributed by atoms with Crippen LogP contribution in [0, 0.1) is 5.92 Å². The van der Waals surface area contributed by atoms with Crippen molar-refractivity contribution in [3.63, 3.8) is 0 Å². The minimum Gasteiger partial charge on any atom is -0.382 e. The Bertz CT molecular complexity index is 809. The van der Waals surface area contributed by atoms with E-state index in [0.29, 0.717) is 39.5 Å². The average molecular weight is 458 g/mol. The Labute approximate surface area is 185 Å². The van der Waals surface area contributed by atoms with E-state index in [9.17, 15) is 18.0 Å². The van der Waals surface area contributed by atoms with E-state index in [1.807, 2.05) is 13.8 Å². The molecule has 1 aromatic rings. The van der Waals surface area contributed by atoms with E-state index >= 15 is 0 Å². The molecule has 0 radical (unpaired) electrons. The van der Waals surface area contributed by atoms with Crippen LogP contribution in [0.1, 0.15) is 38.1 Å². The number of rotatable bonds is 14. The summed E-state index contributed by atoms with van der Waals surface area (Å²) in [5.41, 5.74) is 0.176. The molecule has 2 amide bonds. The average Bonchev–Trinajstić information content (AvgIpc) is 2.74. The number of nitrogens with zero attached hydrogens (tertiary/aromatic N) is 1. The van der Waals surface area contributed by atoms with Gasteiger partial charge in [-0.25, -0.2) is 8.42 Å². The Morgan fingerprint density at radius 3 is 2.35 bits per heavy atom. The van der Waals surface area contributed by atoms with Gasteiger partial charge in [0.15, 0.2) is 0 Å². The number of benzene rings is 1. The van der Waals surface area contributed by atoms with Crippen LogP contribution >= 0.6 is 0 Å². The quantitative estimate of drug-likeness (QED) is 0.407. The summed E-state index contributed by atoms with van der Waals surface area (Å²) in [5, 5.41) is 5.45. The van der Waals surface area contributed by atoms with Crippen molar-refractivity contribution in [3.8, 4) is 0 Å². The maximum atomic E-state index is 12.8. The van der Waals surface area contributed by atoms with Gasteiger partial charge in [0.2, 0.25) is 15.9 Å². The molecule has 0 aliphatic rings. The van der Waals surface area contributed by atoms with Gasteiger partial charge in [-0.2, -0.15) is 4.31 Å². The normalized spacial score (nSPS) is 12.7. The van der Waals surface area contributed by atoms with Gasteiger partial charge in [0.05, 0.1) is 24.7 Å². The number of hydrogen-bond acceptors (Lipinski definition) is 6. The summed E-state index contributed by atoms with van der Waals surface area (Å²) in [7, 11) is -2.11. The molecule has 9 nitrogen and oxygen atoms in total. The van der Waals surface area contributed by atoms with Crippen LogP contribution in [0.25, 0.3) is 0 Å². The van der Waals surface area contributed by atoms with Gasteiger partial charge >= 0.3 is 0 Å². The molecule has 2 N–H and O–H groups in total. The molecule has 0 spiro atoms. The van der Waals surface area contributed by atoms with Gasteiger partial charge in [0.1, 0.15) is 6.04 Å². The van der Waals surface area contributed by atoms with Crippen LogP contribution < -0.4 is 10.6 Å². The highest BCUT2D eigenvalue weighted by molar-refractivity contribution is 7.89. The standard InChI is InChI=1S/C21H35N3O6S/c1-6-24(7-2)31(27,28)18-10-8-9-17(15-18)20(25)23-19(16(3)4)21(26)22-11-12-30-14-13-29-5/h8-10,15-16,19H,6-7,11-14H2,1-5H3,(H,22,26)(H,23,25). The van der Waals surface area contributed by atoms with E-state index in [2.05, 4.69) is 10.6 Å². The zero-order valence-corrected chi connectivity index (χ0v) is 19.8. The molecule has 0 saturated heterocycles. The van der Waals surface area contributed by atoms with Gasteiger partial charge in [0, 0.05) is 32.3 Å². The van der Waals surface area contributed by atoms with Crippen LogP contribution in [0.4, 0.5) is 0 Å². The highest BCUT2D eigenvalue weighted by Gasteiger charge is 2.26. The highest BCUT2D eigenvalue weighted by Crippen LogP contribution is 2.17. The van der Waals surface area contributed by atoms with E-state index in [0.717, 1.165) is 0 Å². The number of hydrogen-bond donors (Lipinski definition) is 2. The van der Waals surface area contributed by atoms with Crippen LogP contribution in [0.2, 0.25) is 0 Å². The lowest BCUT2D eigenvalue weighted by molar-refractivity contribution is -0.124. The van der Waals surface area contributed by atoms with Gasteiger partial charge in [-0.3, -0.25) is 9.59 Å². The first-order valence-electron chi connectivity index (χ1n) is 10.4. The third-order valence-corrected chi connectivity index (χ3v) is 6.70. The fourth-order valence-corrected chi connectivity index (χ4v) is 4.38. The summed E-state index contributed by atoms with van der Waals surface area (Å²) in [6.45, 7) is 9.36. The van der Waals surface area contributed by atoms with Crippen LogP contribution in [-0.2, 0) is 24.3 Å². The Balaban J connectivity index is 2.84. The number of sulfonamides is 1. The largest absolute Gasteiger partial charge is 0.382 e. The Morgan fingerprint density at radius 2 is 1.77 bits per heavy atom. The summed E-state index contributed by atoms with van der Waals surface area (Å²) in [4.78, 5) is 25.3. The topological polar surface area (TPSA) is 114 Å². The molecule has 1 unspecified atom stereocenters. The van der Waals surface area contributed by atoms with Crippen molar-refractivity contribution in [3.05, 3.63) is 29.8 Å². The van der Waals surface area contributed by atoms with Gasteiger partial charge < -0.3 is 20.1 Å². The van der Waals surface area contributed by atoms with Gasteiger partial charge in [-0.15, -0.1) is 0 Å². The molecule has 0 bridgehead atoms. The number of ether oxygens (including phenoxy) is 2. The van der Waals surface area contributed by atoms with E-state index in [1.165, 1.54) is 28.6 Å². The zero-order valence-electron chi connectivity index (χ0n) is 19.0. The molecule has 0 aromatic heterocycles. The van der Waals surface area contributed by atoms with E-state index in [4.69, 9.17) is 9.47 Å². The van der Waals surface area contributed by atoms with Crippen molar-refractivity contribution < 1.29 is 27.5 Å². The van der Waals surface area contributed by atoms with Crippen LogP contribution in [0.5, 0.6) is 0 Å². The van der Waals surface area contributed by atoms with E-state index in [1.54, 1.807) is 21.0 Å². The maximum Gasteiger partial charge on any atom is 0.251 e. The second-order valence-corrected chi connectivity index (χ2v) is 9.15. The number of carbonyl (C=O) groups is 2. The molecule has 176 valence electrons. The first-order valence-corrected chi connectivity index (χ1v) is 11.9. The van der Waals surface area contributed by atoms with Gasteiger partial charge in [-0.1, -0.05) is 33.8 Å². The molecular formula is C21H35N3O6S. The molecular weight excluding hydrogens is 422 g/mol. The molecule has 0 fully saturated rings. The summed E-state index contributed by atoms with van der Waals surface area (Å²) in [6, 6.07) is 5.07. The smallest absolute Gasteiger partial charge is 0.251 e. The lowest BCUT2D eigenvalue weighted by Gasteiger charge is -2.22. The summed E-state index contributed by atoms with van der Waals surface area (Å²) >= 11 is 0. The second kappa shape index (κ2) is 13.4. The van der Waals surface area contributed by atoms with Crippen molar-refractivity contribution in [1.82, 2.24) is 14.9 Å². The fourth-order valence-electron chi connectivity index (χ4n) is 2.87. The van der Waals surface area contributed by atoms with Crippen LogP contribution in [0.3, 0.4) is 0 Å². The van der Waals surface area contributed by atoms with Gasteiger partial charge in [0.25, 0.3) is 5.91 Å². The molecule has 0 aliphatic carbocycles. The van der Waals surface area contributed by atoms with Crippen LogP contribution in [-0.4, -0.2) is 77.1 Å². The molecule has 10 heteroatoms. The first-order chi connectivity index (χ1) is 14.7. The monoisotopic (exact) mass is 457 g/mol. The number of carbonyl (C=O) groups excluding carboxylic acids is 2. The van der Waals surface area contributed by atoms with E-state index in [-0.39, 0.29) is 22.3 Å². The number of methoxy groups -OCH3 is 1. The third kappa shape index (κ3) is 8.21. The van der Waals surface area contributed by atoms with Crippen molar-refractivity contribution in [1.29, 1.82) is 0 Å². The summed E-state index contributed by atoms with van der Waals surface area (Å²) < 4.78 is 37.0. The Kier molecular flexibility index (Phi) is 11.7. The minimum absolute atomic E-state index is 0.0441. The molecule has 0 aliphatic heterocycles. The van der Waals surface area contributed by atoms with Crippen molar-refractivity contribution in [2.24, 2.45) is 5.92 Å². The molecule has 1 rings (SSSR count). The van der Waals surface area contributed by atoms with Crippen molar-refractivity contribution in [2.75, 3.05) is 46.6 Å².